The third-order valence-corrected chi connectivity index (χ3v) is 4.07. The molecule has 1 fully saturated rings. The summed E-state index contributed by atoms with van der Waals surface area (Å²) in [6, 6.07) is 4.69. The highest BCUT2D eigenvalue weighted by molar-refractivity contribution is 5.50. The van der Waals surface area contributed by atoms with E-state index in [2.05, 4.69) is 17.4 Å². The van der Waals surface area contributed by atoms with Gasteiger partial charge in [-0.05, 0) is 49.1 Å². The lowest BCUT2D eigenvalue weighted by molar-refractivity contribution is 0.0198. The van der Waals surface area contributed by atoms with E-state index in [9.17, 15) is 0 Å². The zero-order valence-corrected chi connectivity index (χ0v) is 10.3. The number of benzene rings is 1. The summed E-state index contributed by atoms with van der Waals surface area (Å²) in [6.07, 6.45) is 3.57. The van der Waals surface area contributed by atoms with Gasteiger partial charge >= 0.3 is 0 Å². The molecule has 1 aromatic carbocycles. The molecule has 4 rings (SSSR count). The number of ether oxygens (including phenoxy) is 3. The molecule has 1 N–H and O–H groups in total. The smallest absolute Gasteiger partial charge is 0.231 e. The minimum atomic E-state index is 0.172. The van der Waals surface area contributed by atoms with E-state index < -0.39 is 0 Å². The molecule has 1 saturated heterocycles. The topological polar surface area (TPSA) is 39.7 Å². The van der Waals surface area contributed by atoms with Crippen LogP contribution in [-0.2, 0) is 11.2 Å². The maximum absolute atomic E-state index is 5.99. The van der Waals surface area contributed by atoms with E-state index in [-0.39, 0.29) is 6.10 Å². The standard InChI is InChI=1S/C14H17NO3/c1-2-11(15-4-1)14-10-7-13-12(17-8-18-13)6-9(10)3-5-16-14/h6-7,11,14-15H,1-5,8H2/t11-,14-/m0/s1. The average Bonchev–Trinajstić information content (AvgIpc) is 3.06. The number of fused-ring (bicyclic) bond motifs is 2. The van der Waals surface area contributed by atoms with Crippen molar-refractivity contribution in [3.8, 4) is 11.5 Å². The third-order valence-electron chi connectivity index (χ3n) is 4.07. The minimum absolute atomic E-state index is 0.172. The highest BCUT2D eigenvalue weighted by Gasteiger charge is 2.32. The van der Waals surface area contributed by atoms with E-state index in [4.69, 9.17) is 14.2 Å². The summed E-state index contributed by atoms with van der Waals surface area (Å²) in [5.41, 5.74) is 2.63. The molecule has 0 aliphatic carbocycles. The van der Waals surface area contributed by atoms with Gasteiger partial charge in [0.05, 0.1) is 12.7 Å². The summed E-state index contributed by atoms with van der Waals surface area (Å²) in [4.78, 5) is 0. The van der Waals surface area contributed by atoms with E-state index in [1.54, 1.807) is 0 Å². The fraction of sp³-hybridized carbons (Fsp3) is 0.571. The van der Waals surface area contributed by atoms with E-state index in [0.717, 1.165) is 31.1 Å². The summed E-state index contributed by atoms with van der Waals surface area (Å²) in [7, 11) is 0. The van der Waals surface area contributed by atoms with Gasteiger partial charge < -0.3 is 19.5 Å². The molecule has 96 valence electrons. The van der Waals surface area contributed by atoms with Crippen LogP contribution >= 0.6 is 0 Å². The van der Waals surface area contributed by atoms with Gasteiger partial charge in [0, 0.05) is 6.04 Å². The van der Waals surface area contributed by atoms with Crippen molar-refractivity contribution in [1.29, 1.82) is 0 Å². The van der Waals surface area contributed by atoms with Gasteiger partial charge in [-0.2, -0.15) is 0 Å². The molecule has 18 heavy (non-hydrogen) atoms. The predicted molar refractivity (Wildman–Crippen MR) is 66.0 cm³/mol. The van der Waals surface area contributed by atoms with Crippen molar-refractivity contribution in [2.75, 3.05) is 19.9 Å². The van der Waals surface area contributed by atoms with Crippen LogP contribution in [0.5, 0.6) is 11.5 Å². The molecule has 3 aliphatic rings. The van der Waals surface area contributed by atoms with Crippen LogP contribution in [0.25, 0.3) is 0 Å². The monoisotopic (exact) mass is 247 g/mol. The van der Waals surface area contributed by atoms with Crippen LogP contribution < -0.4 is 14.8 Å². The van der Waals surface area contributed by atoms with Crippen molar-refractivity contribution in [3.63, 3.8) is 0 Å². The first-order chi connectivity index (χ1) is 8.92. The molecule has 0 aromatic heterocycles. The van der Waals surface area contributed by atoms with Gasteiger partial charge in [-0.15, -0.1) is 0 Å². The Morgan fingerprint density at radius 2 is 2.06 bits per heavy atom. The Balaban J connectivity index is 1.73. The molecule has 4 nitrogen and oxygen atoms in total. The van der Waals surface area contributed by atoms with Crippen molar-refractivity contribution in [1.82, 2.24) is 5.32 Å². The lowest BCUT2D eigenvalue weighted by atomic mass is 9.92. The fourth-order valence-electron chi connectivity index (χ4n) is 3.17. The van der Waals surface area contributed by atoms with Crippen molar-refractivity contribution in [3.05, 3.63) is 23.3 Å². The number of rotatable bonds is 1. The normalized spacial score (nSPS) is 29.3. The van der Waals surface area contributed by atoms with Crippen LogP contribution in [0.4, 0.5) is 0 Å². The molecule has 0 saturated carbocycles. The fourth-order valence-corrected chi connectivity index (χ4v) is 3.17. The van der Waals surface area contributed by atoms with E-state index in [0.29, 0.717) is 12.8 Å². The molecular weight excluding hydrogens is 230 g/mol. The number of hydrogen-bond donors (Lipinski definition) is 1. The van der Waals surface area contributed by atoms with Crippen LogP contribution in [0.15, 0.2) is 12.1 Å². The second-order valence-corrected chi connectivity index (χ2v) is 5.15. The first kappa shape index (κ1) is 10.6. The molecule has 3 aliphatic heterocycles. The van der Waals surface area contributed by atoms with Crippen molar-refractivity contribution >= 4 is 0 Å². The maximum atomic E-state index is 5.99. The molecular formula is C14H17NO3. The zero-order valence-electron chi connectivity index (χ0n) is 10.3. The van der Waals surface area contributed by atoms with Crippen LogP contribution in [0.2, 0.25) is 0 Å². The van der Waals surface area contributed by atoms with Crippen LogP contribution in [0, 0.1) is 0 Å². The predicted octanol–water partition coefficient (Wildman–Crippen LogP) is 1.78. The lowest BCUT2D eigenvalue weighted by Gasteiger charge is -2.30. The molecule has 0 radical (unpaired) electrons. The number of nitrogens with one attached hydrogen (secondary N) is 1. The van der Waals surface area contributed by atoms with Crippen LogP contribution in [0.3, 0.4) is 0 Å². The van der Waals surface area contributed by atoms with E-state index in [1.165, 1.54) is 24.0 Å². The van der Waals surface area contributed by atoms with Crippen molar-refractivity contribution in [2.45, 2.75) is 31.4 Å². The average molecular weight is 247 g/mol. The third kappa shape index (κ3) is 1.60. The van der Waals surface area contributed by atoms with Gasteiger partial charge in [0.2, 0.25) is 6.79 Å². The molecule has 3 heterocycles. The van der Waals surface area contributed by atoms with E-state index in [1.807, 2.05) is 0 Å². The zero-order chi connectivity index (χ0) is 11.9. The quantitative estimate of drug-likeness (QED) is 0.821. The Kier molecular flexibility index (Phi) is 2.45. The van der Waals surface area contributed by atoms with Gasteiger partial charge in [0.15, 0.2) is 11.5 Å². The van der Waals surface area contributed by atoms with E-state index >= 15 is 0 Å². The highest BCUT2D eigenvalue weighted by atomic mass is 16.7. The summed E-state index contributed by atoms with van der Waals surface area (Å²) >= 11 is 0. The molecule has 0 amide bonds. The van der Waals surface area contributed by atoms with Gasteiger partial charge in [-0.3, -0.25) is 0 Å². The molecule has 0 bridgehead atoms. The Hall–Kier alpha value is -1.26. The minimum Gasteiger partial charge on any atom is -0.454 e. The van der Waals surface area contributed by atoms with Gasteiger partial charge in [-0.1, -0.05) is 0 Å². The van der Waals surface area contributed by atoms with Crippen molar-refractivity contribution < 1.29 is 14.2 Å². The highest BCUT2D eigenvalue weighted by Crippen LogP contribution is 2.41. The summed E-state index contributed by atoms with van der Waals surface area (Å²) in [5.74, 6) is 1.75. The Labute approximate surface area is 106 Å². The second-order valence-electron chi connectivity index (χ2n) is 5.15. The van der Waals surface area contributed by atoms with Crippen LogP contribution in [-0.4, -0.2) is 26.0 Å². The Morgan fingerprint density at radius 3 is 2.89 bits per heavy atom. The van der Waals surface area contributed by atoms with Crippen molar-refractivity contribution in [2.24, 2.45) is 0 Å². The summed E-state index contributed by atoms with van der Waals surface area (Å²) in [5, 5.41) is 3.54. The molecule has 0 unspecified atom stereocenters. The lowest BCUT2D eigenvalue weighted by Crippen LogP contribution is -2.33. The van der Waals surface area contributed by atoms with Gasteiger partial charge in [-0.25, -0.2) is 0 Å². The molecule has 4 heteroatoms. The largest absolute Gasteiger partial charge is 0.454 e. The Morgan fingerprint density at radius 1 is 1.17 bits per heavy atom. The first-order valence-electron chi connectivity index (χ1n) is 6.69. The van der Waals surface area contributed by atoms with Gasteiger partial charge in [0.25, 0.3) is 0 Å². The SMILES string of the molecule is c1c2c(cc3c1OCO3)[C@@H]([C@@H]1CCCN1)OCC2. The number of hydrogen-bond acceptors (Lipinski definition) is 4. The first-order valence-corrected chi connectivity index (χ1v) is 6.69. The second kappa shape index (κ2) is 4.14. The maximum Gasteiger partial charge on any atom is 0.231 e. The summed E-state index contributed by atoms with van der Waals surface area (Å²) < 4.78 is 16.9. The van der Waals surface area contributed by atoms with Crippen LogP contribution in [0.1, 0.15) is 30.1 Å². The molecule has 0 spiro atoms. The Bertz CT molecular complexity index is 468. The molecule has 1 aromatic rings. The molecule has 2 atom stereocenters. The van der Waals surface area contributed by atoms with Gasteiger partial charge in [0.1, 0.15) is 0 Å². The summed E-state index contributed by atoms with van der Waals surface area (Å²) in [6.45, 7) is 2.24.